The highest BCUT2D eigenvalue weighted by Gasteiger charge is 2.29. The molecule has 1 aromatic heterocycles. The van der Waals surface area contributed by atoms with Gasteiger partial charge in [0.25, 0.3) is 5.91 Å². The van der Waals surface area contributed by atoms with Crippen molar-refractivity contribution < 1.29 is 4.79 Å². The van der Waals surface area contributed by atoms with E-state index in [4.69, 9.17) is 0 Å². The summed E-state index contributed by atoms with van der Waals surface area (Å²) in [7, 11) is 0. The van der Waals surface area contributed by atoms with Crippen molar-refractivity contribution in [2.24, 2.45) is 0 Å². The highest BCUT2D eigenvalue weighted by atomic mass is 32.2. The zero-order chi connectivity index (χ0) is 19.6. The Labute approximate surface area is 177 Å². The van der Waals surface area contributed by atoms with E-state index >= 15 is 0 Å². The van der Waals surface area contributed by atoms with Gasteiger partial charge in [-0.25, -0.2) is 0 Å². The van der Waals surface area contributed by atoms with E-state index in [-0.39, 0.29) is 5.91 Å². The molecule has 0 radical (unpaired) electrons. The Morgan fingerprint density at radius 2 is 1.79 bits per heavy atom. The maximum absolute atomic E-state index is 13.5. The first-order valence-electron chi connectivity index (χ1n) is 11.2. The van der Waals surface area contributed by atoms with Gasteiger partial charge in [0.15, 0.2) is 0 Å². The molecule has 0 bridgehead atoms. The number of aromatic amines is 1. The van der Waals surface area contributed by atoms with Crippen LogP contribution in [0, 0.1) is 0 Å². The average molecular weight is 413 g/mol. The predicted molar refractivity (Wildman–Crippen MR) is 121 cm³/mol. The van der Waals surface area contributed by atoms with Crippen LogP contribution in [0.4, 0.5) is 0 Å². The molecular formula is C23H32N4OS. The minimum absolute atomic E-state index is 0.205. The first-order chi connectivity index (χ1) is 14.3. The van der Waals surface area contributed by atoms with Crippen molar-refractivity contribution in [3.63, 3.8) is 0 Å². The fraction of sp³-hybridized carbons (Fsp3) is 0.609. The van der Waals surface area contributed by atoms with Gasteiger partial charge in [-0.3, -0.25) is 14.6 Å². The van der Waals surface area contributed by atoms with Gasteiger partial charge in [-0.2, -0.15) is 11.8 Å². The van der Waals surface area contributed by atoms with Gasteiger partial charge in [0.05, 0.1) is 0 Å². The van der Waals surface area contributed by atoms with Crippen molar-refractivity contribution in [1.29, 1.82) is 0 Å². The molecule has 0 spiro atoms. The number of hydrogen-bond donors (Lipinski definition) is 1. The summed E-state index contributed by atoms with van der Waals surface area (Å²) in [5, 5.41) is 1.13. The van der Waals surface area contributed by atoms with Crippen LogP contribution >= 0.6 is 11.8 Å². The van der Waals surface area contributed by atoms with E-state index in [1.54, 1.807) is 0 Å². The normalized spacial score (nSPS) is 22.6. The smallest absolute Gasteiger partial charge is 0.254 e. The number of benzene rings is 1. The van der Waals surface area contributed by atoms with E-state index in [1.807, 2.05) is 23.9 Å². The molecule has 1 N–H and O–H groups in total. The van der Waals surface area contributed by atoms with Crippen LogP contribution in [0.25, 0.3) is 10.9 Å². The number of aromatic nitrogens is 1. The monoisotopic (exact) mass is 412 g/mol. The molecule has 3 fully saturated rings. The van der Waals surface area contributed by atoms with E-state index in [0.29, 0.717) is 0 Å². The molecule has 2 aromatic rings. The highest BCUT2D eigenvalue weighted by Crippen LogP contribution is 2.28. The number of rotatable bonds is 4. The Morgan fingerprint density at radius 3 is 2.55 bits per heavy atom. The third-order valence-electron chi connectivity index (χ3n) is 6.96. The minimum atomic E-state index is 0.205. The molecule has 5 rings (SSSR count). The Balaban J connectivity index is 1.32. The van der Waals surface area contributed by atoms with E-state index < -0.39 is 0 Å². The standard InChI is InChI=1S/C23H32N4OS/c28-23(27-10-8-26(9-11-27)19-4-1-2-5-19)20-6-3-7-21-22(20)18(16-24-21)17-25-12-14-29-15-13-25/h3,6-7,16,19,24H,1-2,4-5,8-15,17H2. The lowest BCUT2D eigenvalue weighted by Crippen LogP contribution is -2.51. The van der Waals surface area contributed by atoms with E-state index in [1.165, 1.54) is 42.8 Å². The van der Waals surface area contributed by atoms with Gasteiger partial charge in [0.1, 0.15) is 0 Å². The van der Waals surface area contributed by atoms with Crippen molar-refractivity contribution in [2.75, 3.05) is 50.8 Å². The largest absolute Gasteiger partial charge is 0.361 e. The highest BCUT2D eigenvalue weighted by molar-refractivity contribution is 7.99. The van der Waals surface area contributed by atoms with Crippen LogP contribution in [0.15, 0.2) is 24.4 Å². The lowest BCUT2D eigenvalue weighted by molar-refractivity contribution is 0.0575. The molecule has 5 nitrogen and oxygen atoms in total. The van der Waals surface area contributed by atoms with Crippen molar-refractivity contribution in [2.45, 2.75) is 38.3 Å². The lowest BCUT2D eigenvalue weighted by Gasteiger charge is -2.38. The van der Waals surface area contributed by atoms with Crippen LogP contribution in [0.1, 0.15) is 41.6 Å². The van der Waals surface area contributed by atoms with Crippen LogP contribution in [0.3, 0.4) is 0 Å². The number of carbonyl (C=O) groups excluding carboxylic acids is 1. The molecule has 1 aromatic carbocycles. The zero-order valence-electron chi connectivity index (χ0n) is 17.2. The summed E-state index contributed by atoms with van der Waals surface area (Å²) in [6.07, 6.45) is 7.54. The van der Waals surface area contributed by atoms with Gasteiger partial charge in [-0.05, 0) is 30.5 Å². The molecule has 1 saturated carbocycles. The minimum Gasteiger partial charge on any atom is -0.361 e. The molecule has 2 aliphatic heterocycles. The second kappa shape index (κ2) is 8.70. The molecular weight excluding hydrogens is 380 g/mol. The van der Waals surface area contributed by atoms with Gasteiger partial charge >= 0.3 is 0 Å². The van der Waals surface area contributed by atoms with E-state index in [2.05, 4.69) is 31.9 Å². The molecule has 3 heterocycles. The number of fused-ring (bicyclic) bond motifs is 1. The first-order valence-corrected chi connectivity index (χ1v) is 12.4. The fourth-order valence-electron chi connectivity index (χ4n) is 5.29. The summed E-state index contributed by atoms with van der Waals surface area (Å²) in [5.74, 6) is 2.62. The van der Waals surface area contributed by atoms with Crippen molar-refractivity contribution >= 4 is 28.6 Å². The zero-order valence-corrected chi connectivity index (χ0v) is 18.1. The van der Waals surface area contributed by atoms with Crippen LogP contribution < -0.4 is 0 Å². The summed E-state index contributed by atoms with van der Waals surface area (Å²) < 4.78 is 0. The second-order valence-electron chi connectivity index (χ2n) is 8.70. The number of hydrogen-bond acceptors (Lipinski definition) is 4. The van der Waals surface area contributed by atoms with Crippen LogP contribution in [0.2, 0.25) is 0 Å². The Bertz CT molecular complexity index is 846. The molecule has 6 heteroatoms. The van der Waals surface area contributed by atoms with Crippen molar-refractivity contribution in [3.05, 3.63) is 35.5 Å². The molecule has 2 saturated heterocycles. The molecule has 3 aliphatic rings. The SMILES string of the molecule is O=C(c1cccc2[nH]cc(CN3CCSCC3)c12)N1CCN(C2CCCC2)CC1. The fourth-order valence-corrected chi connectivity index (χ4v) is 6.27. The predicted octanol–water partition coefficient (Wildman–Crippen LogP) is 3.42. The number of carbonyl (C=O) groups is 1. The Hall–Kier alpha value is -1.50. The van der Waals surface area contributed by atoms with E-state index in [0.717, 1.165) is 68.3 Å². The maximum Gasteiger partial charge on any atom is 0.254 e. The average Bonchev–Trinajstić information content (AvgIpc) is 3.45. The second-order valence-corrected chi connectivity index (χ2v) is 9.92. The molecule has 0 atom stereocenters. The van der Waals surface area contributed by atoms with Crippen molar-refractivity contribution in [1.82, 2.24) is 19.7 Å². The topological polar surface area (TPSA) is 42.6 Å². The Morgan fingerprint density at radius 1 is 1.03 bits per heavy atom. The third kappa shape index (κ3) is 4.07. The van der Waals surface area contributed by atoms with Gasteiger partial charge in [-0.1, -0.05) is 18.9 Å². The molecule has 156 valence electrons. The van der Waals surface area contributed by atoms with Gasteiger partial charge < -0.3 is 9.88 Å². The molecule has 29 heavy (non-hydrogen) atoms. The molecule has 1 aliphatic carbocycles. The number of amides is 1. The summed E-state index contributed by atoms with van der Waals surface area (Å²) in [4.78, 5) is 24.1. The maximum atomic E-state index is 13.5. The van der Waals surface area contributed by atoms with Crippen LogP contribution in [0.5, 0.6) is 0 Å². The number of piperazine rings is 1. The molecule has 0 unspecified atom stereocenters. The number of nitrogens with zero attached hydrogens (tertiary/aromatic N) is 3. The van der Waals surface area contributed by atoms with Crippen molar-refractivity contribution in [3.8, 4) is 0 Å². The van der Waals surface area contributed by atoms with Crippen LogP contribution in [-0.2, 0) is 6.54 Å². The number of H-pyrrole nitrogens is 1. The summed E-state index contributed by atoms with van der Waals surface area (Å²) in [5.41, 5.74) is 3.22. The third-order valence-corrected chi connectivity index (χ3v) is 7.90. The molecule has 1 amide bonds. The first kappa shape index (κ1) is 19.5. The Kier molecular flexibility index (Phi) is 5.84. The van der Waals surface area contributed by atoms with E-state index in [9.17, 15) is 4.79 Å². The lowest BCUT2D eigenvalue weighted by atomic mass is 10.0. The summed E-state index contributed by atoms with van der Waals surface area (Å²) in [6.45, 7) is 6.97. The van der Waals surface area contributed by atoms with Gasteiger partial charge in [0.2, 0.25) is 0 Å². The summed E-state index contributed by atoms with van der Waals surface area (Å²) >= 11 is 2.04. The number of nitrogens with one attached hydrogen (secondary N) is 1. The quantitative estimate of drug-likeness (QED) is 0.836. The van der Waals surface area contributed by atoms with Crippen LogP contribution in [-0.4, -0.2) is 82.4 Å². The summed E-state index contributed by atoms with van der Waals surface area (Å²) in [6, 6.07) is 6.90. The number of thioether (sulfide) groups is 1. The van der Waals surface area contributed by atoms with Gasteiger partial charge in [-0.15, -0.1) is 0 Å². The van der Waals surface area contributed by atoms with Gasteiger partial charge in [0, 0.05) is 86.0 Å².